The second-order valence-electron chi connectivity index (χ2n) is 8.28. The summed E-state index contributed by atoms with van der Waals surface area (Å²) in [7, 11) is 0. The first-order chi connectivity index (χ1) is 14.5. The lowest BCUT2D eigenvalue weighted by Gasteiger charge is -2.43. The van der Waals surface area contributed by atoms with E-state index in [9.17, 15) is 25.2 Å². The topological polar surface area (TPSA) is 107 Å². The monoisotopic (exact) mass is 424 g/mol. The summed E-state index contributed by atoms with van der Waals surface area (Å²) in [5.74, 6) is -7.73. The van der Waals surface area contributed by atoms with E-state index in [0.29, 0.717) is 36.8 Å². The number of allylic oxidation sites excluding steroid dienone is 2. The molecule has 2 aromatic rings. The standard InChI is InChI=1S/C25H28O6/c1-15(2)10-12-17-14-18(13-11-16(3)4)22-20(21(17)26)23(27)24(28,29)25(30,31-22)19-8-6-5-7-9-19/h5-9,14,26,28-30H,1,3,10-13H2,2,4H3. The van der Waals surface area contributed by atoms with Gasteiger partial charge in [0.05, 0.1) is 0 Å². The number of Topliss-reactive ketones (excluding diaryl/α,β-unsaturated/α-hetero) is 1. The van der Waals surface area contributed by atoms with Gasteiger partial charge in [-0.2, -0.15) is 0 Å². The smallest absolute Gasteiger partial charge is 0.301 e. The quantitative estimate of drug-likeness (QED) is 0.400. The highest BCUT2D eigenvalue weighted by atomic mass is 16.7. The number of phenolic OH excluding ortho intramolecular Hbond substituents is 1. The van der Waals surface area contributed by atoms with Gasteiger partial charge in [0.1, 0.15) is 17.1 Å². The highest BCUT2D eigenvalue weighted by Gasteiger charge is 2.62. The number of ketones is 1. The van der Waals surface area contributed by atoms with E-state index in [1.54, 1.807) is 24.3 Å². The minimum atomic E-state index is -3.31. The fraction of sp³-hybridized carbons (Fsp3) is 0.320. The molecule has 1 aliphatic heterocycles. The second-order valence-corrected chi connectivity index (χ2v) is 8.28. The van der Waals surface area contributed by atoms with Gasteiger partial charge < -0.3 is 25.2 Å². The number of aromatic hydroxyl groups is 1. The Bertz CT molecular complexity index is 1040. The third-order valence-corrected chi connectivity index (χ3v) is 5.48. The number of carbonyl (C=O) groups excluding carboxylic acids is 1. The summed E-state index contributed by atoms with van der Waals surface area (Å²) in [5.41, 5.74) is 2.49. The van der Waals surface area contributed by atoms with Crippen molar-refractivity contribution in [1.82, 2.24) is 0 Å². The van der Waals surface area contributed by atoms with Crippen LogP contribution in [0.5, 0.6) is 11.5 Å². The number of rotatable bonds is 7. The molecule has 0 radical (unpaired) electrons. The minimum Gasteiger partial charge on any atom is -0.507 e. The molecular formula is C25H28O6. The molecule has 6 nitrogen and oxygen atoms in total. The van der Waals surface area contributed by atoms with E-state index in [1.165, 1.54) is 12.1 Å². The third kappa shape index (κ3) is 4.02. The fourth-order valence-electron chi connectivity index (χ4n) is 3.64. The van der Waals surface area contributed by atoms with Gasteiger partial charge in [-0.3, -0.25) is 4.79 Å². The van der Waals surface area contributed by atoms with E-state index < -0.39 is 17.4 Å². The molecule has 1 aliphatic rings. The lowest BCUT2D eigenvalue weighted by Crippen LogP contribution is -2.63. The van der Waals surface area contributed by atoms with E-state index in [-0.39, 0.29) is 22.6 Å². The molecule has 0 fully saturated rings. The van der Waals surface area contributed by atoms with Crippen molar-refractivity contribution in [3.63, 3.8) is 0 Å². The molecule has 0 aromatic heterocycles. The average Bonchev–Trinajstić information content (AvgIpc) is 2.71. The van der Waals surface area contributed by atoms with Crippen LogP contribution in [0.1, 0.15) is 53.7 Å². The Morgan fingerprint density at radius 1 is 0.968 bits per heavy atom. The number of phenols is 1. The molecule has 0 spiro atoms. The van der Waals surface area contributed by atoms with Gasteiger partial charge in [0.15, 0.2) is 0 Å². The van der Waals surface area contributed by atoms with E-state index in [0.717, 1.165) is 11.1 Å². The van der Waals surface area contributed by atoms with Crippen LogP contribution in [0.4, 0.5) is 0 Å². The molecule has 4 N–H and O–H groups in total. The number of benzene rings is 2. The van der Waals surface area contributed by atoms with Crippen LogP contribution in [0.15, 0.2) is 60.7 Å². The van der Waals surface area contributed by atoms with Gasteiger partial charge >= 0.3 is 5.79 Å². The molecule has 1 heterocycles. The van der Waals surface area contributed by atoms with Gasteiger partial charge in [-0.15, -0.1) is 13.2 Å². The molecule has 3 rings (SSSR count). The Hall–Kier alpha value is -2.93. The van der Waals surface area contributed by atoms with Crippen molar-refractivity contribution in [3.8, 4) is 11.5 Å². The van der Waals surface area contributed by atoms with Crippen LogP contribution in [-0.2, 0) is 18.6 Å². The van der Waals surface area contributed by atoms with Crippen LogP contribution in [0.25, 0.3) is 0 Å². The lowest BCUT2D eigenvalue weighted by atomic mass is 9.83. The summed E-state index contributed by atoms with van der Waals surface area (Å²) >= 11 is 0. The van der Waals surface area contributed by atoms with Gasteiger partial charge in [0, 0.05) is 5.56 Å². The highest BCUT2D eigenvalue weighted by Crippen LogP contribution is 2.49. The van der Waals surface area contributed by atoms with Crippen LogP contribution in [0.2, 0.25) is 0 Å². The Morgan fingerprint density at radius 3 is 2.06 bits per heavy atom. The zero-order valence-electron chi connectivity index (χ0n) is 17.8. The molecule has 0 amide bonds. The van der Waals surface area contributed by atoms with Crippen LogP contribution in [0.3, 0.4) is 0 Å². The summed E-state index contributed by atoms with van der Waals surface area (Å²) in [4.78, 5) is 13.2. The number of aliphatic hydroxyl groups is 3. The molecular weight excluding hydrogens is 396 g/mol. The number of fused-ring (bicyclic) bond motifs is 1. The normalized spacial score (nSPS) is 19.5. The Labute approximate surface area is 181 Å². The Kier molecular flexibility index (Phi) is 6.09. The molecule has 1 atom stereocenters. The summed E-state index contributed by atoms with van der Waals surface area (Å²) in [5, 5.41) is 43.4. The van der Waals surface area contributed by atoms with Crippen molar-refractivity contribution in [1.29, 1.82) is 0 Å². The van der Waals surface area contributed by atoms with Crippen molar-refractivity contribution in [2.45, 2.75) is 51.1 Å². The molecule has 0 saturated carbocycles. The summed E-state index contributed by atoms with van der Waals surface area (Å²) < 4.78 is 5.74. The predicted octanol–water partition coefficient (Wildman–Crippen LogP) is 3.51. The maximum atomic E-state index is 13.2. The lowest BCUT2D eigenvalue weighted by molar-refractivity contribution is -0.328. The molecule has 6 heteroatoms. The van der Waals surface area contributed by atoms with E-state index in [4.69, 9.17) is 4.74 Å². The van der Waals surface area contributed by atoms with E-state index in [1.807, 2.05) is 13.8 Å². The van der Waals surface area contributed by atoms with Crippen LogP contribution in [-0.4, -0.2) is 32.0 Å². The first kappa shape index (κ1) is 22.7. The first-order valence-electron chi connectivity index (χ1n) is 10.1. The van der Waals surface area contributed by atoms with Crippen molar-refractivity contribution in [2.75, 3.05) is 0 Å². The van der Waals surface area contributed by atoms with Crippen LogP contribution < -0.4 is 4.74 Å². The number of aryl methyl sites for hydroxylation is 2. The molecule has 164 valence electrons. The SMILES string of the molecule is C=C(C)CCc1cc(CCC(=C)C)c2c(c1O)C(=O)C(O)(O)C(O)(c1ccccc1)O2. The minimum absolute atomic E-state index is 0.00398. The fourth-order valence-corrected chi connectivity index (χ4v) is 3.64. The van der Waals surface area contributed by atoms with Crippen LogP contribution >= 0.6 is 0 Å². The van der Waals surface area contributed by atoms with Crippen molar-refractivity contribution >= 4 is 5.78 Å². The molecule has 0 bridgehead atoms. The Morgan fingerprint density at radius 2 is 1.52 bits per heavy atom. The van der Waals surface area contributed by atoms with Crippen molar-refractivity contribution in [3.05, 3.63) is 83.0 Å². The number of hydrogen-bond acceptors (Lipinski definition) is 6. The molecule has 0 aliphatic carbocycles. The summed E-state index contributed by atoms with van der Waals surface area (Å²) in [6.45, 7) is 11.5. The van der Waals surface area contributed by atoms with Crippen LogP contribution in [0, 0.1) is 0 Å². The maximum absolute atomic E-state index is 13.2. The average molecular weight is 424 g/mol. The molecule has 1 unspecified atom stereocenters. The second kappa shape index (κ2) is 8.30. The number of carbonyl (C=O) groups is 1. The van der Waals surface area contributed by atoms with Crippen molar-refractivity contribution in [2.24, 2.45) is 0 Å². The highest BCUT2D eigenvalue weighted by molar-refractivity contribution is 6.08. The van der Waals surface area contributed by atoms with Gasteiger partial charge in [-0.1, -0.05) is 41.5 Å². The number of hydrogen-bond donors (Lipinski definition) is 4. The molecule has 31 heavy (non-hydrogen) atoms. The molecule has 0 saturated heterocycles. The first-order valence-corrected chi connectivity index (χ1v) is 10.1. The van der Waals surface area contributed by atoms with Gasteiger partial charge in [-0.05, 0) is 56.7 Å². The van der Waals surface area contributed by atoms with E-state index in [2.05, 4.69) is 13.2 Å². The summed E-state index contributed by atoms with van der Waals surface area (Å²) in [6.07, 6.45) is 2.01. The van der Waals surface area contributed by atoms with Gasteiger partial charge in [0.25, 0.3) is 5.79 Å². The zero-order valence-corrected chi connectivity index (χ0v) is 17.8. The largest absolute Gasteiger partial charge is 0.507 e. The maximum Gasteiger partial charge on any atom is 0.301 e. The molecule has 2 aromatic carbocycles. The van der Waals surface area contributed by atoms with Crippen molar-refractivity contribution < 1.29 is 30.0 Å². The van der Waals surface area contributed by atoms with Gasteiger partial charge in [-0.25, -0.2) is 0 Å². The third-order valence-electron chi connectivity index (χ3n) is 5.48. The van der Waals surface area contributed by atoms with Gasteiger partial charge in [0.2, 0.25) is 5.78 Å². The summed E-state index contributed by atoms with van der Waals surface area (Å²) in [6, 6.07) is 9.41. The zero-order chi connectivity index (χ0) is 23.0. The van der Waals surface area contributed by atoms with E-state index >= 15 is 0 Å². The predicted molar refractivity (Wildman–Crippen MR) is 117 cm³/mol. The number of ether oxygens (including phenoxy) is 1. The Balaban J connectivity index is 2.22.